The molecule has 0 nitrogen and oxygen atoms in total. The van der Waals surface area contributed by atoms with Crippen LogP contribution in [0, 0.1) is 5.92 Å². The van der Waals surface area contributed by atoms with E-state index in [1.165, 1.54) is 66.1 Å². The van der Waals surface area contributed by atoms with Gasteiger partial charge in [-0.3, -0.25) is 0 Å². The number of fused-ring (bicyclic) bond motifs is 4. The van der Waals surface area contributed by atoms with Gasteiger partial charge in [-0.15, -0.1) is 0 Å². The largest absolute Gasteiger partial charge is 0.0901 e. The second-order valence-corrected chi connectivity index (χ2v) is 10.7. The molecular formula is C41H27+. The summed E-state index contributed by atoms with van der Waals surface area (Å²) in [6.45, 7) is 0. The zero-order valence-electron chi connectivity index (χ0n) is 22.6. The second-order valence-electron chi connectivity index (χ2n) is 10.7. The summed E-state index contributed by atoms with van der Waals surface area (Å²) in [5.74, 6) is 1.28. The highest BCUT2D eigenvalue weighted by atomic mass is 14.3. The van der Waals surface area contributed by atoms with E-state index in [4.69, 9.17) is 0 Å². The van der Waals surface area contributed by atoms with Gasteiger partial charge in [0.15, 0.2) is 0 Å². The van der Waals surface area contributed by atoms with Crippen LogP contribution in [0.4, 0.5) is 0 Å². The molecule has 0 heterocycles. The Balaban J connectivity index is 1.58. The van der Waals surface area contributed by atoms with Crippen LogP contribution in [0.1, 0.15) is 34.2 Å². The Kier molecular flexibility index (Phi) is 5.59. The van der Waals surface area contributed by atoms with E-state index in [2.05, 4.69) is 157 Å². The minimum atomic E-state index is 0.984. The third-order valence-electron chi connectivity index (χ3n) is 8.33. The van der Waals surface area contributed by atoms with Crippen LogP contribution in [0.5, 0.6) is 0 Å². The van der Waals surface area contributed by atoms with Gasteiger partial charge in [0.05, 0.1) is 28.2 Å². The van der Waals surface area contributed by atoms with E-state index in [1.54, 1.807) is 0 Å². The van der Waals surface area contributed by atoms with Crippen LogP contribution in [-0.4, -0.2) is 0 Å². The van der Waals surface area contributed by atoms with Crippen molar-refractivity contribution in [2.24, 2.45) is 0 Å². The summed E-state index contributed by atoms with van der Waals surface area (Å²) < 4.78 is 0. The van der Waals surface area contributed by atoms with Gasteiger partial charge in [-0.05, 0) is 99.4 Å². The molecular weight excluding hydrogens is 492 g/mol. The Morgan fingerprint density at radius 2 is 0.976 bits per heavy atom. The SMILES string of the molecule is C(=C1c2ccccc2[C+](c2ccccc2)c2ccccc21)=c1c2ccccc2c(=C2C=CCC=C2)c2ccccc12. The number of allylic oxidation sites excluding steroid dienone is 4. The molecule has 0 N–H and O–H groups in total. The quantitative estimate of drug-likeness (QED) is 0.151. The van der Waals surface area contributed by atoms with Gasteiger partial charge in [0.1, 0.15) is 0 Å². The first-order valence-electron chi connectivity index (χ1n) is 14.3. The van der Waals surface area contributed by atoms with Crippen molar-refractivity contribution in [2.45, 2.75) is 6.42 Å². The lowest BCUT2D eigenvalue weighted by Gasteiger charge is -2.24. The maximum Gasteiger partial charge on any atom is 0.0808 e. The number of rotatable bonds is 1. The van der Waals surface area contributed by atoms with Crippen molar-refractivity contribution >= 4 is 38.4 Å². The molecule has 0 saturated carbocycles. The molecule has 0 saturated heterocycles. The molecule has 6 aromatic rings. The van der Waals surface area contributed by atoms with E-state index in [-0.39, 0.29) is 0 Å². The molecule has 0 heteroatoms. The van der Waals surface area contributed by atoms with Crippen molar-refractivity contribution < 1.29 is 0 Å². The predicted molar refractivity (Wildman–Crippen MR) is 173 cm³/mol. The van der Waals surface area contributed by atoms with Gasteiger partial charge in [-0.25, -0.2) is 0 Å². The molecule has 41 heavy (non-hydrogen) atoms. The van der Waals surface area contributed by atoms with Gasteiger partial charge in [-0.1, -0.05) is 96.8 Å². The minimum Gasteiger partial charge on any atom is -0.0901 e. The van der Waals surface area contributed by atoms with Crippen LogP contribution in [0.15, 0.2) is 152 Å². The van der Waals surface area contributed by atoms with Crippen molar-refractivity contribution in [3.63, 3.8) is 0 Å². The highest BCUT2D eigenvalue weighted by molar-refractivity contribution is 6.05. The van der Waals surface area contributed by atoms with Crippen molar-refractivity contribution in [3.8, 4) is 0 Å². The van der Waals surface area contributed by atoms with Crippen molar-refractivity contribution in [1.82, 2.24) is 0 Å². The van der Waals surface area contributed by atoms with Crippen LogP contribution >= 0.6 is 0 Å². The van der Waals surface area contributed by atoms with Crippen LogP contribution in [0.25, 0.3) is 38.4 Å². The zero-order chi connectivity index (χ0) is 27.2. The Bertz CT molecular complexity index is 2080. The third-order valence-corrected chi connectivity index (χ3v) is 8.33. The fraction of sp³-hybridized carbons (Fsp3) is 0.0244. The van der Waals surface area contributed by atoms with E-state index in [1.807, 2.05) is 0 Å². The number of benzene rings is 6. The molecule has 190 valence electrons. The highest BCUT2D eigenvalue weighted by Crippen LogP contribution is 2.44. The summed E-state index contributed by atoms with van der Waals surface area (Å²) in [6.07, 6.45) is 10.0. The van der Waals surface area contributed by atoms with Gasteiger partial charge < -0.3 is 0 Å². The first-order valence-corrected chi connectivity index (χ1v) is 14.3. The standard InChI is InChI=1S/C41H27/c1-3-15-28(16-4-1)40-34-23-11-7-19-30(34)38(31-20-8-12-24-35(31)40)27-39-32-21-9-13-25-36(32)41(29-17-5-2-6-18-29)37-26-14-10-22-33(37)39/h1,3-26H,2H2/q+1. The zero-order valence-corrected chi connectivity index (χ0v) is 22.6. The van der Waals surface area contributed by atoms with E-state index < -0.39 is 0 Å². The summed E-state index contributed by atoms with van der Waals surface area (Å²) in [4.78, 5) is 0. The first-order chi connectivity index (χ1) is 20.4. The van der Waals surface area contributed by atoms with Crippen molar-refractivity contribution in [3.05, 3.63) is 196 Å². The van der Waals surface area contributed by atoms with Crippen LogP contribution in [0.3, 0.4) is 0 Å². The fourth-order valence-electron chi connectivity index (χ4n) is 6.57. The monoisotopic (exact) mass is 519 g/mol. The Hall–Kier alpha value is -5.29. The van der Waals surface area contributed by atoms with Crippen LogP contribution < -0.4 is 10.4 Å². The topological polar surface area (TPSA) is 0 Å². The third kappa shape index (κ3) is 3.81. The molecule has 0 unspecified atom stereocenters. The van der Waals surface area contributed by atoms with Crippen molar-refractivity contribution in [1.29, 1.82) is 0 Å². The summed E-state index contributed by atoms with van der Waals surface area (Å²) in [5.41, 5.74) is 12.6. The summed E-state index contributed by atoms with van der Waals surface area (Å²) in [6, 6.07) is 46.0. The van der Waals surface area contributed by atoms with Crippen LogP contribution in [-0.2, 0) is 0 Å². The highest BCUT2D eigenvalue weighted by Gasteiger charge is 2.35. The smallest absolute Gasteiger partial charge is 0.0808 e. The lowest BCUT2D eigenvalue weighted by molar-refractivity contribution is 1.18. The molecule has 0 bridgehead atoms. The summed E-state index contributed by atoms with van der Waals surface area (Å²) in [5, 5.41) is 7.40. The van der Waals surface area contributed by atoms with Gasteiger partial charge >= 0.3 is 0 Å². The fourth-order valence-corrected chi connectivity index (χ4v) is 6.57. The van der Waals surface area contributed by atoms with Gasteiger partial charge in [0.25, 0.3) is 0 Å². The predicted octanol–water partition coefficient (Wildman–Crippen LogP) is 8.50. The maximum atomic E-state index is 4.04. The molecule has 2 aliphatic rings. The molecule has 8 rings (SSSR count). The lowest BCUT2D eigenvalue weighted by atomic mass is 9.73. The minimum absolute atomic E-state index is 0.984. The Morgan fingerprint density at radius 3 is 1.56 bits per heavy atom. The van der Waals surface area contributed by atoms with E-state index in [9.17, 15) is 0 Å². The van der Waals surface area contributed by atoms with E-state index in [0.29, 0.717) is 0 Å². The summed E-state index contributed by atoms with van der Waals surface area (Å²) >= 11 is 0. The van der Waals surface area contributed by atoms with Crippen molar-refractivity contribution in [2.75, 3.05) is 0 Å². The van der Waals surface area contributed by atoms with Gasteiger partial charge in [0, 0.05) is 16.3 Å². The van der Waals surface area contributed by atoms with E-state index >= 15 is 0 Å². The maximum absolute atomic E-state index is 4.04. The Morgan fingerprint density at radius 1 is 0.488 bits per heavy atom. The number of hydrogen-bond acceptors (Lipinski definition) is 0. The average molecular weight is 520 g/mol. The molecule has 0 atom stereocenters. The van der Waals surface area contributed by atoms with Gasteiger partial charge in [0.2, 0.25) is 0 Å². The first kappa shape index (κ1) is 23.6. The lowest BCUT2D eigenvalue weighted by Crippen LogP contribution is -2.18. The molecule has 0 fully saturated rings. The molecule has 0 amide bonds. The molecule has 0 aromatic heterocycles. The molecule has 0 spiro atoms. The van der Waals surface area contributed by atoms with Crippen LogP contribution in [0.2, 0.25) is 0 Å². The molecule has 2 aliphatic carbocycles. The second kappa shape index (κ2) is 9.72. The number of hydrogen-bond donors (Lipinski definition) is 0. The normalized spacial score (nSPS) is 13.8. The molecule has 6 aromatic carbocycles. The summed E-state index contributed by atoms with van der Waals surface area (Å²) in [7, 11) is 0. The Labute approximate surface area is 240 Å². The van der Waals surface area contributed by atoms with E-state index in [0.717, 1.165) is 17.2 Å². The van der Waals surface area contributed by atoms with Gasteiger partial charge in [-0.2, -0.15) is 0 Å². The molecule has 0 radical (unpaired) electrons. The molecule has 0 aliphatic heterocycles. The average Bonchev–Trinajstić information content (AvgIpc) is 3.05.